The van der Waals surface area contributed by atoms with E-state index in [-0.39, 0.29) is 6.54 Å². The lowest BCUT2D eigenvalue weighted by atomic mass is 10.0. The molecule has 0 aliphatic carbocycles. The molecule has 4 nitrogen and oxygen atoms in total. The van der Waals surface area contributed by atoms with Gasteiger partial charge in [0, 0.05) is 12.7 Å². The molecule has 0 aliphatic heterocycles. The minimum absolute atomic E-state index is 0.0244. The molecule has 1 rings (SSSR count). The van der Waals surface area contributed by atoms with Gasteiger partial charge in [-0.3, -0.25) is 9.78 Å². The van der Waals surface area contributed by atoms with Gasteiger partial charge in [0.15, 0.2) is 5.54 Å². The fraction of sp³-hybridized carbons (Fsp3) is 0.500. The fourth-order valence-electron chi connectivity index (χ4n) is 1.52. The average molecular weight is 275 g/mol. The number of carbonyl (C=O) groups excluding carboxylic acids is 1. The van der Waals surface area contributed by atoms with E-state index in [1.807, 2.05) is 0 Å². The summed E-state index contributed by atoms with van der Waals surface area (Å²) < 4.78 is 38.0. The lowest BCUT2D eigenvalue weighted by molar-refractivity contribution is -0.193. The molecule has 0 bridgehead atoms. The number of aryl methyl sites for hydroxylation is 1. The van der Waals surface area contributed by atoms with Crippen LogP contribution in [0.1, 0.15) is 18.3 Å². The van der Waals surface area contributed by atoms with Crippen molar-refractivity contribution in [1.29, 1.82) is 0 Å². The Morgan fingerprint density at radius 1 is 1.42 bits per heavy atom. The SMILES string of the molecule is Cc1cccc(CN(C)C(=O)C(C)(N)C(F)(F)F)n1. The molecule has 7 heteroatoms. The standard InChI is InChI=1S/C12H16F3N3O/c1-8-5-4-6-9(17-8)7-18(3)10(19)11(2,16)12(13,14)15/h4-6H,7,16H2,1-3H3. The summed E-state index contributed by atoms with van der Waals surface area (Å²) in [6, 6.07) is 5.12. The smallest absolute Gasteiger partial charge is 0.338 e. The molecule has 1 amide bonds. The number of nitrogens with zero attached hydrogens (tertiary/aromatic N) is 2. The van der Waals surface area contributed by atoms with E-state index < -0.39 is 17.6 Å². The molecule has 2 N–H and O–H groups in total. The Hall–Kier alpha value is -1.63. The Kier molecular flexibility index (Phi) is 4.19. The van der Waals surface area contributed by atoms with Crippen LogP contribution in [0.3, 0.4) is 0 Å². The zero-order chi connectivity index (χ0) is 14.8. The van der Waals surface area contributed by atoms with Crippen molar-refractivity contribution in [2.75, 3.05) is 7.05 Å². The van der Waals surface area contributed by atoms with Gasteiger partial charge in [-0.15, -0.1) is 0 Å². The molecule has 0 saturated carbocycles. The first-order valence-corrected chi connectivity index (χ1v) is 5.59. The van der Waals surface area contributed by atoms with Crippen molar-refractivity contribution < 1.29 is 18.0 Å². The summed E-state index contributed by atoms with van der Waals surface area (Å²) in [7, 11) is 1.27. The Morgan fingerprint density at radius 2 is 2.00 bits per heavy atom. The highest BCUT2D eigenvalue weighted by Gasteiger charge is 2.54. The van der Waals surface area contributed by atoms with Gasteiger partial charge in [-0.05, 0) is 26.0 Å². The van der Waals surface area contributed by atoms with Crippen molar-refractivity contribution >= 4 is 5.91 Å². The number of halogens is 3. The zero-order valence-corrected chi connectivity index (χ0v) is 11.0. The summed E-state index contributed by atoms with van der Waals surface area (Å²) in [5.41, 5.74) is 3.42. The topological polar surface area (TPSA) is 59.2 Å². The van der Waals surface area contributed by atoms with Crippen LogP contribution < -0.4 is 5.73 Å². The average Bonchev–Trinajstić information content (AvgIpc) is 2.26. The molecular formula is C12H16F3N3O. The first kappa shape index (κ1) is 15.4. The summed E-state index contributed by atoms with van der Waals surface area (Å²) in [5, 5.41) is 0. The van der Waals surface area contributed by atoms with Crippen LogP contribution in [-0.4, -0.2) is 34.6 Å². The Morgan fingerprint density at radius 3 is 2.47 bits per heavy atom. The molecule has 1 atom stereocenters. The lowest BCUT2D eigenvalue weighted by Crippen LogP contribution is -2.61. The third kappa shape index (κ3) is 3.44. The van der Waals surface area contributed by atoms with Gasteiger partial charge < -0.3 is 10.6 Å². The second-order valence-electron chi connectivity index (χ2n) is 4.63. The number of carbonyl (C=O) groups is 1. The maximum absolute atomic E-state index is 12.7. The van der Waals surface area contributed by atoms with Gasteiger partial charge in [-0.2, -0.15) is 13.2 Å². The summed E-state index contributed by atoms with van der Waals surface area (Å²) in [6.45, 7) is 2.40. The quantitative estimate of drug-likeness (QED) is 0.912. The van der Waals surface area contributed by atoms with Crippen LogP contribution in [-0.2, 0) is 11.3 Å². The van der Waals surface area contributed by atoms with Crippen LogP contribution in [0.4, 0.5) is 13.2 Å². The van der Waals surface area contributed by atoms with Crippen LogP contribution in [0.25, 0.3) is 0 Å². The number of hydrogen-bond donors (Lipinski definition) is 1. The number of hydrogen-bond acceptors (Lipinski definition) is 3. The van der Waals surface area contributed by atoms with Crippen LogP contribution in [0.5, 0.6) is 0 Å². The number of aromatic nitrogens is 1. The molecule has 1 unspecified atom stereocenters. The van der Waals surface area contributed by atoms with E-state index >= 15 is 0 Å². The molecule has 1 heterocycles. The van der Waals surface area contributed by atoms with Crippen molar-refractivity contribution in [2.45, 2.75) is 32.1 Å². The number of amides is 1. The van der Waals surface area contributed by atoms with Crippen molar-refractivity contribution in [2.24, 2.45) is 5.73 Å². The maximum atomic E-state index is 12.7. The number of nitrogens with two attached hydrogens (primary N) is 1. The second-order valence-corrected chi connectivity index (χ2v) is 4.63. The first-order chi connectivity index (χ1) is 8.55. The summed E-state index contributed by atoms with van der Waals surface area (Å²) >= 11 is 0. The van der Waals surface area contributed by atoms with Crippen LogP contribution in [0.2, 0.25) is 0 Å². The molecule has 0 saturated heterocycles. The molecule has 0 aromatic carbocycles. The summed E-state index contributed by atoms with van der Waals surface area (Å²) in [4.78, 5) is 16.8. The zero-order valence-electron chi connectivity index (χ0n) is 11.0. The van der Waals surface area contributed by atoms with Crippen molar-refractivity contribution in [3.8, 4) is 0 Å². The predicted octanol–water partition coefficient (Wildman–Crippen LogP) is 1.63. The summed E-state index contributed by atoms with van der Waals surface area (Å²) in [6.07, 6.45) is -4.79. The van der Waals surface area contributed by atoms with Gasteiger partial charge >= 0.3 is 6.18 Å². The van der Waals surface area contributed by atoms with Gasteiger partial charge in [0.05, 0.1) is 12.2 Å². The third-order valence-corrected chi connectivity index (χ3v) is 2.73. The maximum Gasteiger partial charge on any atom is 0.415 e. The van der Waals surface area contributed by atoms with E-state index in [9.17, 15) is 18.0 Å². The van der Waals surface area contributed by atoms with E-state index in [1.54, 1.807) is 25.1 Å². The molecular weight excluding hydrogens is 259 g/mol. The van der Waals surface area contributed by atoms with Crippen molar-refractivity contribution in [1.82, 2.24) is 9.88 Å². The third-order valence-electron chi connectivity index (χ3n) is 2.73. The highest BCUT2D eigenvalue weighted by molar-refractivity contribution is 5.86. The van der Waals surface area contributed by atoms with E-state index in [0.717, 1.165) is 10.6 Å². The molecule has 19 heavy (non-hydrogen) atoms. The predicted molar refractivity (Wildman–Crippen MR) is 64.1 cm³/mol. The van der Waals surface area contributed by atoms with Crippen molar-refractivity contribution in [3.05, 3.63) is 29.6 Å². The van der Waals surface area contributed by atoms with Crippen LogP contribution in [0.15, 0.2) is 18.2 Å². The van der Waals surface area contributed by atoms with E-state index in [1.165, 1.54) is 7.05 Å². The molecule has 0 fully saturated rings. The molecule has 0 radical (unpaired) electrons. The number of pyridine rings is 1. The minimum Gasteiger partial charge on any atom is -0.338 e. The Labute approximate surface area is 109 Å². The first-order valence-electron chi connectivity index (χ1n) is 5.59. The monoisotopic (exact) mass is 275 g/mol. The van der Waals surface area contributed by atoms with Gasteiger partial charge in [-0.1, -0.05) is 6.07 Å². The highest BCUT2D eigenvalue weighted by Crippen LogP contribution is 2.29. The number of rotatable bonds is 3. The molecule has 0 aliphatic rings. The highest BCUT2D eigenvalue weighted by atomic mass is 19.4. The Bertz CT molecular complexity index is 472. The molecule has 106 valence electrons. The van der Waals surface area contributed by atoms with Crippen LogP contribution in [0, 0.1) is 6.92 Å². The van der Waals surface area contributed by atoms with Crippen molar-refractivity contribution in [3.63, 3.8) is 0 Å². The fourth-order valence-corrected chi connectivity index (χ4v) is 1.52. The van der Waals surface area contributed by atoms with E-state index in [0.29, 0.717) is 12.6 Å². The van der Waals surface area contributed by atoms with E-state index in [4.69, 9.17) is 5.73 Å². The van der Waals surface area contributed by atoms with E-state index in [2.05, 4.69) is 4.98 Å². The van der Waals surface area contributed by atoms with Gasteiger partial charge in [0.1, 0.15) is 0 Å². The molecule has 0 spiro atoms. The number of likely N-dealkylation sites (N-methyl/N-ethyl adjacent to an activating group) is 1. The molecule has 1 aromatic heterocycles. The second kappa shape index (κ2) is 5.16. The normalized spacial score (nSPS) is 14.9. The molecule has 1 aromatic rings. The number of alkyl halides is 3. The van der Waals surface area contributed by atoms with Gasteiger partial charge in [0.25, 0.3) is 5.91 Å². The van der Waals surface area contributed by atoms with Crippen LogP contribution >= 0.6 is 0 Å². The Balaban J connectivity index is 2.84. The van der Waals surface area contributed by atoms with Gasteiger partial charge in [-0.25, -0.2) is 0 Å². The summed E-state index contributed by atoms with van der Waals surface area (Å²) in [5.74, 6) is -1.19. The lowest BCUT2D eigenvalue weighted by Gasteiger charge is -2.30. The van der Waals surface area contributed by atoms with Gasteiger partial charge in [0.2, 0.25) is 0 Å². The largest absolute Gasteiger partial charge is 0.415 e. The minimum atomic E-state index is -4.79.